The fourth-order valence-corrected chi connectivity index (χ4v) is 5.42. The maximum Gasteiger partial charge on any atom is 0.243 e. The highest BCUT2D eigenvalue weighted by Crippen LogP contribution is 2.48. The molecule has 8 heteroatoms. The fraction of sp³-hybridized carbons (Fsp3) is 0.538. The average molecular weight is 442 g/mol. The van der Waals surface area contributed by atoms with Crippen molar-refractivity contribution >= 4 is 47.6 Å². The van der Waals surface area contributed by atoms with Crippen LogP contribution < -0.4 is 10.5 Å². The van der Waals surface area contributed by atoms with Gasteiger partial charge >= 0.3 is 0 Å². The van der Waals surface area contributed by atoms with Crippen molar-refractivity contribution in [2.75, 3.05) is 26.0 Å². The predicted octanol–water partition coefficient (Wildman–Crippen LogP) is 2.89. The van der Waals surface area contributed by atoms with Crippen LogP contribution in [0.4, 0.5) is 5.69 Å². The minimum absolute atomic E-state index is 0.0414. The van der Waals surface area contributed by atoms with Crippen LogP contribution in [0.5, 0.6) is 0 Å². The molecule has 0 bridgehead atoms. The molecule has 0 saturated heterocycles. The number of halogens is 2. The van der Waals surface area contributed by atoms with E-state index in [0.717, 1.165) is 23.7 Å². The molecule has 3 N–H and O–H groups in total. The van der Waals surface area contributed by atoms with Crippen LogP contribution in [0.1, 0.15) is 19.3 Å². The summed E-state index contributed by atoms with van der Waals surface area (Å²) < 4.78 is 33.9. The van der Waals surface area contributed by atoms with Crippen LogP contribution in [-0.2, 0) is 14.8 Å². The Morgan fingerprint density at radius 2 is 2.05 bits per heavy atom. The Bertz CT molecular complexity index is 607. The standard InChI is InChI=1S/C13H18Br2N2O3S/c1-20-5-4-13(2-3-13)8-17-21(18,19)12-10(15)6-9(14)7-11(12)16/h6-7,17H,2-5,8,16H2,1H3. The molecule has 0 radical (unpaired) electrons. The van der Waals surface area contributed by atoms with E-state index in [2.05, 4.69) is 36.6 Å². The number of methoxy groups -OCH3 is 1. The molecule has 0 heterocycles. The van der Waals surface area contributed by atoms with Crippen LogP contribution in [0.25, 0.3) is 0 Å². The zero-order valence-corrected chi connectivity index (χ0v) is 15.6. The summed E-state index contributed by atoms with van der Waals surface area (Å²) >= 11 is 6.55. The Hall–Kier alpha value is -0.150. The molecule has 21 heavy (non-hydrogen) atoms. The van der Waals surface area contributed by atoms with Crippen LogP contribution >= 0.6 is 31.9 Å². The third kappa shape index (κ3) is 4.19. The zero-order valence-electron chi connectivity index (χ0n) is 11.7. The van der Waals surface area contributed by atoms with Gasteiger partial charge < -0.3 is 10.5 Å². The quantitative estimate of drug-likeness (QED) is 0.637. The number of ether oxygens (including phenoxy) is 1. The number of sulfonamides is 1. The first-order valence-electron chi connectivity index (χ1n) is 6.53. The Morgan fingerprint density at radius 3 is 2.57 bits per heavy atom. The first kappa shape index (κ1) is 17.2. The molecule has 2 rings (SSSR count). The van der Waals surface area contributed by atoms with Gasteiger partial charge in [-0.05, 0) is 52.7 Å². The summed E-state index contributed by atoms with van der Waals surface area (Å²) in [7, 11) is -1.99. The van der Waals surface area contributed by atoms with Gasteiger partial charge in [-0.25, -0.2) is 13.1 Å². The molecule has 0 aliphatic heterocycles. The van der Waals surface area contributed by atoms with Crippen molar-refractivity contribution in [2.24, 2.45) is 5.41 Å². The van der Waals surface area contributed by atoms with Gasteiger partial charge in [0.05, 0.1) is 5.69 Å². The van der Waals surface area contributed by atoms with E-state index in [-0.39, 0.29) is 16.0 Å². The van der Waals surface area contributed by atoms with Gasteiger partial charge in [-0.1, -0.05) is 15.9 Å². The molecule has 0 aromatic heterocycles. The van der Waals surface area contributed by atoms with E-state index < -0.39 is 10.0 Å². The number of hydrogen-bond acceptors (Lipinski definition) is 4. The van der Waals surface area contributed by atoms with Crippen LogP contribution in [-0.4, -0.2) is 28.7 Å². The lowest BCUT2D eigenvalue weighted by Crippen LogP contribution is -2.31. The van der Waals surface area contributed by atoms with Crippen molar-refractivity contribution in [3.05, 3.63) is 21.1 Å². The minimum Gasteiger partial charge on any atom is -0.398 e. The third-order valence-electron chi connectivity index (χ3n) is 3.74. The van der Waals surface area contributed by atoms with Crippen molar-refractivity contribution < 1.29 is 13.2 Å². The normalized spacial score (nSPS) is 16.9. The molecule has 1 aliphatic carbocycles. The van der Waals surface area contributed by atoms with Gasteiger partial charge in [0.1, 0.15) is 4.90 Å². The molecule has 0 amide bonds. The molecule has 0 atom stereocenters. The van der Waals surface area contributed by atoms with Gasteiger partial charge in [-0.2, -0.15) is 0 Å². The van der Waals surface area contributed by atoms with Crippen molar-refractivity contribution in [1.29, 1.82) is 0 Å². The van der Waals surface area contributed by atoms with Crippen molar-refractivity contribution in [1.82, 2.24) is 4.72 Å². The Labute approximate surface area is 141 Å². The lowest BCUT2D eigenvalue weighted by molar-refractivity contribution is 0.173. The average Bonchev–Trinajstić information content (AvgIpc) is 3.13. The second kappa shape index (κ2) is 6.54. The summed E-state index contributed by atoms with van der Waals surface area (Å²) in [6.07, 6.45) is 2.91. The number of hydrogen-bond donors (Lipinski definition) is 2. The molecule has 0 unspecified atom stereocenters. The van der Waals surface area contributed by atoms with Gasteiger partial charge in [0.15, 0.2) is 0 Å². The topological polar surface area (TPSA) is 81.4 Å². The molecule has 1 aromatic rings. The molecular weight excluding hydrogens is 424 g/mol. The van der Waals surface area contributed by atoms with Gasteiger partial charge in [0.25, 0.3) is 0 Å². The van der Waals surface area contributed by atoms with E-state index in [0.29, 0.717) is 17.6 Å². The summed E-state index contributed by atoms with van der Waals surface area (Å²) in [4.78, 5) is 0.0910. The fourth-order valence-electron chi connectivity index (χ4n) is 2.19. The second-order valence-electron chi connectivity index (χ2n) is 5.37. The summed E-state index contributed by atoms with van der Waals surface area (Å²) in [5.41, 5.74) is 6.10. The van der Waals surface area contributed by atoms with E-state index >= 15 is 0 Å². The van der Waals surface area contributed by atoms with Crippen LogP contribution in [0, 0.1) is 5.41 Å². The van der Waals surface area contributed by atoms with Crippen LogP contribution in [0.15, 0.2) is 26.0 Å². The number of benzene rings is 1. The van der Waals surface area contributed by atoms with Gasteiger partial charge in [0.2, 0.25) is 10.0 Å². The van der Waals surface area contributed by atoms with Crippen LogP contribution in [0.3, 0.4) is 0 Å². The highest BCUT2D eigenvalue weighted by Gasteiger charge is 2.42. The molecule has 0 spiro atoms. The monoisotopic (exact) mass is 440 g/mol. The molecule has 1 fully saturated rings. The van der Waals surface area contributed by atoms with E-state index in [1.807, 2.05) is 0 Å². The zero-order chi connectivity index (χ0) is 15.7. The smallest absolute Gasteiger partial charge is 0.243 e. The lowest BCUT2D eigenvalue weighted by Gasteiger charge is -2.17. The lowest BCUT2D eigenvalue weighted by atomic mass is 10.0. The van der Waals surface area contributed by atoms with Crippen molar-refractivity contribution in [3.63, 3.8) is 0 Å². The van der Waals surface area contributed by atoms with E-state index in [9.17, 15) is 8.42 Å². The minimum atomic E-state index is -3.64. The highest BCUT2D eigenvalue weighted by atomic mass is 79.9. The van der Waals surface area contributed by atoms with Crippen molar-refractivity contribution in [3.8, 4) is 0 Å². The molecular formula is C13H18Br2N2O3S. The Morgan fingerprint density at radius 1 is 1.38 bits per heavy atom. The molecule has 118 valence electrons. The number of anilines is 1. The van der Waals surface area contributed by atoms with Gasteiger partial charge in [-0.3, -0.25) is 0 Å². The van der Waals surface area contributed by atoms with Crippen LogP contribution in [0.2, 0.25) is 0 Å². The second-order valence-corrected chi connectivity index (χ2v) is 8.85. The number of nitrogens with two attached hydrogens (primary N) is 1. The SMILES string of the molecule is COCCC1(CNS(=O)(=O)c2c(N)cc(Br)cc2Br)CC1. The van der Waals surface area contributed by atoms with Gasteiger partial charge in [-0.15, -0.1) is 0 Å². The number of nitrogen functional groups attached to an aromatic ring is 1. The Kier molecular flexibility index (Phi) is 5.36. The molecule has 1 aromatic carbocycles. The van der Waals surface area contributed by atoms with Gasteiger partial charge in [0, 0.05) is 29.2 Å². The highest BCUT2D eigenvalue weighted by molar-refractivity contribution is 9.11. The molecule has 5 nitrogen and oxygen atoms in total. The first-order valence-corrected chi connectivity index (χ1v) is 9.60. The third-order valence-corrected chi connectivity index (χ3v) is 6.60. The molecule has 1 saturated carbocycles. The number of nitrogens with one attached hydrogen (secondary N) is 1. The summed E-state index contributed by atoms with van der Waals surface area (Å²) in [5.74, 6) is 0. The van der Waals surface area contributed by atoms with E-state index in [1.54, 1.807) is 19.2 Å². The first-order chi connectivity index (χ1) is 9.80. The maximum atomic E-state index is 12.5. The summed E-state index contributed by atoms with van der Waals surface area (Å²) in [6, 6.07) is 3.25. The number of rotatable bonds is 7. The summed E-state index contributed by atoms with van der Waals surface area (Å²) in [6.45, 7) is 1.06. The Balaban J connectivity index is 2.13. The van der Waals surface area contributed by atoms with Crippen molar-refractivity contribution in [2.45, 2.75) is 24.2 Å². The largest absolute Gasteiger partial charge is 0.398 e. The summed E-state index contributed by atoms with van der Waals surface area (Å²) in [5, 5.41) is 0. The maximum absolute atomic E-state index is 12.5. The van der Waals surface area contributed by atoms with E-state index in [4.69, 9.17) is 10.5 Å². The molecule has 1 aliphatic rings. The predicted molar refractivity (Wildman–Crippen MR) is 89.6 cm³/mol. The van der Waals surface area contributed by atoms with E-state index in [1.165, 1.54) is 0 Å².